The monoisotopic (exact) mass is 387 g/mol. The molecule has 2 amide bonds. The van der Waals surface area contributed by atoms with E-state index in [1.807, 2.05) is 4.90 Å². The number of carbonyl (C=O) groups excluding carboxylic acids is 2. The van der Waals surface area contributed by atoms with Gasteiger partial charge in [0.15, 0.2) is 0 Å². The summed E-state index contributed by atoms with van der Waals surface area (Å²) in [5, 5.41) is 0. The predicted octanol–water partition coefficient (Wildman–Crippen LogP) is 2.76. The number of rotatable bonds is 2. The summed E-state index contributed by atoms with van der Waals surface area (Å²) < 4.78 is 14.2. The van der Waals surface area contributed by atoms with Crippen molar-refractivity contribution in [2.75, 3.05) is 32.7 Å². The van der Waals surface area contributed by atoms with Gasteiger partial charge in [-0.1, -0.05) is 25.0 Å². The molecular formula is C22H30FN3O2. The van der Waals surface area contributed by atoms with Gasteiger partial charge in [0.2, 0.25) is 5.91 Å². The highest BCUT2D eigenvalue weighted by Crippen LogP contribution is 2.32. The van der Waals surface area contributed by atoms with Gasteiger partial charge in [-0.05, 0) is 38.8 Å². The fourth-order valence-corrected chi connectivity index (χ4v) is 5.28. The molecule has 2 saturated heterocycles. The molecule has 3 fully saturated rings. The van der Waals surface area contributed by atoms with Crippen LogP contribution in [0.5, 0.6) is 0 Å². The number of amides is 2. The van der Waals surface area contributed by atoms with Crippen LogP contribution in [0.25, 0.3) is 0 Å². The van der Waals surface area contributed by atoms with Crippen molar-refractivity contribution in [2.24, 2.45) is 5.92 Å². The Morgan fingerprint density at radius 3 is 2.43 bits per heavy atom. The van der Waals surface area contributed by atoms with Gasteiger partial charge in [0.05, 0.1) is 5.56 Å². The van der Waals surface area contributed by atoms with Crippen LogP contribution in [0, 0.1) is 11.7 Å². The van der Waals surface area contributed by atoms with Crippen molar-refractivity contribution >= 4 is 11.8 Å². The molecule has 3 aliphatic rings. The number of fused-ring (bicyclic) bond motifs is 1. The molecule has 0 spiro atoms. The largest absolute Gasteiger partial charge is 0.340 e. The van der Waals surface area contributed by atoms with E-state index in [2.05, 4.69) is 18.7 Å². The summed E-state index contributed by atoms with van der Waals surface area (Å²) in [6.45, 7) is 7.61. The van der Waals surface area contributed by atoms with Gasteiger partial charge in [0.1, 0.15) is 5.82 Å². The summed E-state index contributed by atoms with van der Waals surface area (Å²) in [6, 6.07) is 6.27. The number of nitrogens with zero attached hydrogens (tertiary/aromatic N) is 3. The maximum atomic E-state index is 14.2. The third-order valence-electron chi connectivity index (χ3n) is 6.68. The van der Waals surface area contributed by atoms with E-state index >= 15 is 0 Å². The maximum Gasteiger partial charge on any atom is 0.256 e. The van der Waals surface area contributed by atoms with E-state index in [0.29, 0.717) is 19.6 Å². The number of carbonyl (C=O) groups is 2. The zero-order valence-corrected chi connectivity index (χ0v) is 16.9. The van der Waals surface area contributed by atoms with Gasteiger partial charge in [-0.3, -0.25) is 14.5 Å². The molecule has 1 aliphatic carbocycles. The highest BCUT2D eigenvalue weighted by atomic mass is 19.1. The molecular weight excluding hydrogens is 357 g/mol. The van der Waals surface area contributed by atoms with Crippen molar-refractivity contribution < 1.29 is 14.0 Å². The molecule has 1 saturated carbocycles. The van der Waals surface area contributed by atoms with Crippen molar-refractivity contribution in [3.8, 4) is 0 Å². The van der Waals surface area contributed by atoms with Crippen LogP contribution in [-0.4, -0.2) is 70.8 Å². The van der Waals surface area contributed by atoms with E-state index in [4.69, 9.17) is 0 Å². The lowest BCUT2D eigenvalue weighted by molar-refractivity contribution is -0.142. The van der Waals surface area contributed by atoms with Crippen LogP contribution in [0.2, 0.25) is 0 Å². The SMILES string of the molecule is CC1(C)CN(C(=O)c2ccccc2F)CC2CN(C(=O)C3CCCC3)CCN21. The zero-order valence-electron chi connectivity index (χ0n) is 16.9. The molecule has 28 heavy (non-hydrogen) atoms. The quantitative estimate of drug-likeness (QED) is 0.784. The molecule has 1 aromatic carbocycles. The standard InChI is InChI=1S/C22H30FN3O2/c1-22(2)15-25(21(28)18-9-5-6-10-19(18)23)14-17-13-24(11-12-26(17)22)20(27)16-7-3-4-8-16/h5-6,9-10,16-17H,3-4,7-8,11-15H2,1-2H3. The Morgan fingerprint density at radius 1 is 1.04 bits per heavy atom. The lowest BCUT2D eigenvalue weighted by Crippen LogP contribution is -2.70. The van der Waals surface area contributed by atoms with E-state index in [0.717, 1.165) is 38.8 Å². The minimum Gasteiger partial charge on any atom is -0.340 e. The summed E-state index contributed by atoms with van der Waals surface area (Å²) in [7, 11) is 0. The van der Waals surface area contributed by atoms with Gasteiger partial charge in [0, 0.05) is 50.2 Å². The maximum absolute atomic E-state index is 14.2. The third kappa shape index (κ3) is 3.54. The second-order valence-corrected chi connectivity index (χ2v) is 9.09. The van der Waals surface area contributed by atoms with Crippen LogP contribution in [-0.2, 0) is 4.79 Å². The molecule has 2 aliphatic heterocycles. The number of hydrogen-bond donors (Lipinski definition) is 0. The molecule has 2 heterocycles. The minimum absolute atomic E-state index is 0.0959. The van der Waals surface area contributed by atoms with Crippen molar-refractivity contribution in [2.45, 2.75) is 51.1 Å². The fourth-order valence-electron chi connectivity index (χ4n) is 5.28. The molecule has 5 nitrogen and oxygen atoms in total. The van der Waals surface area contributed by atoms with Gasteiger partial charge < -0.3 is 9.80 Å². The first kappa shape index (κ1) is 19.4. The molecule has 0 bridgehead atoms. The van der Waals surface area contributed by atoms with Gasteiger partial charge in [-0.2, -0.15) is 0 Å². The van der Waals surface area contributed by atoms with Crippen LogP contribution in [0.3, 0.4) is 0 Å². The normalized spacial score (nSPS) is 25.6. The van der Waals surface area contributed by atoms with E-state index in [9.17, 15) is 14.0 Å². The zero-order chi connectivity index (χ0) is 19.9. The lowest BCUT2D eigenvalue weighted by atomic mass is 9.91. The Labute approximate surface area is 166 Å². The minimum atomic E-state index is -0.477. The first-order chi connectivity index (χ1) is 13.4. The third-order valence-corrected chi connectivity index (χ3v) is 6.68. The number of hydrogen-bond acceptors (Lipinski definition) is 3. The number of piperazine rings is 2. The van der Waals surface area contributed by atoms with Crippen LogP contribution in [0.1, 0.15) is 49.9 Å². The molecule has 152 valence electrons. The highest BCUT2D eigenvalue weighted by Gasteiger charge is 2.45. The first-order valence-corrected chi connectivity index (χ1v) is 10.5. The lowest BCUT2D eigenvalue weighted by Gasteiger charge is -2.55. The smallest absolute Gasteiger partial charge is 0.256 e. The van der Waals surface area contributed by atoms with E-state index in [-0.39, 0.29) is 34.9 Å². The van der Waals surface area contributed by atoms with E-state index in [1.165, 1.54) is 6.07 Å². The predicted molar refractivity (Wildman–Crippen MR) is 105 cm³/mol. The van der Waals surface area contributed by atoms with Gasteiger partial charge >= 0.3 is 0 Å². The second-order valence-electron chi connectivity index (χ2n) is 9.09. The van der Waals surface area contributed by atoms with Crippen molar-refractivity contribution in [1.82, 2.24) is 14.7 Å². The van der Waals surface area contributed by atoms with Crippen molar-refractivity contribution in [3.63, 3.8) is 0 Å². The Balaban J connectivity index is 1.51. The molecule has 1 aromatic rings. The highest BCUT2D eigenvalue weighted by molar-refractivity contribution is 5.94. The van der Waals surface area contributed by atoms with E-state index in [1.54, 1.807) is 23.1 Å². The summed E-state index contributed by atoms with van der Waals surface area (Å²) in [6.07, 6.45) is 4.32. The van der Waals surface area contributed by atoms with Gasteiger partial charge in [0.25, 0.3) is 5.91 Å². The summed E-state index contributed by atoms with van der Waals surface area (Å²) in [4.78, 5) is 32.1. The summed E-state index contributed by atoms with van der Waals surface area (Å²) >= 11 is 0. The summed E-state index contributed by atoms with van der Waals surface area (Å²) in [5.74, 6) is -0.272. The Kier molecular flexibility index (Phi) is 5.17. The van der Waals surface area contributed by atoms with Crippen LogP contribution in [0.4, 0.5) is 4.39 Å². The first-order valence-electron chi connectivity index (χ1n) is 10.5. The molecule has 0 radical (unpaired) electrons. The Morgan fingerprint density at radius 2 is 1.71 bits per heavy atom. The Bertz CT molecular complexity index is 760. The van der Waals surface area contributed by atoms with E-state index < -0.39 is 5.82 Å². The van der Waals surface area contributed by atoms with Crippen LogP contribution >= 0.6 is 0 Å². The fraction of sp³-hybridized carbons (Fsp3) is 0.636. The molecule has 4 rings (SSSR count). The summed E-state index contributed by atoms with van der Waals surface area (Å²) in [5.41, 5.74) is -0.0757. The van der Waals surface area contributed by atoms with Crippen LogP contribution < -0.4 is 0 Å². The Hall–Kier alpha value is -1.95. The molecule has 0 N–H and O–H groups in total. The number of halogens is 1. The average Bonchev–Trinajstić information content (AvgIpc) is 3.21. The second kappa shape index (κ2) is 7.47. The molecule has 6 heteroatoms. The molecule has 1 atom stereocenters. The topological polar surface area (TPSA) is 43.9 Å². The molecule has 0 aromatic heterocycles. The molecule has 1 unspecified atom stereocenters. The van der Waals surface area contributed by atoms with Crippen molar-refractivity contribution in [1.29, 1.82) is 0 Å². The number of benzene rings is 1. The van der Waals surface area contributed by atoms with Crippen molar-refractivity contribution in [3.05, 3.63) is 35.6 Å². The van der Waals surface area contributed by atoms with Gasteiger partial charge in [-0.15, -0.1) is 0 Å². The average molecular weight is 387 g/mol. The van der Waals surface area contributed by atoms with Crippen LogP contribution in [0.15, 0.2) is 24.3 Å². The van der Waals surface area contributed by atoms with Gasteiger partial charge in [-0.25, -0.2) is 4.39 Å².